The van der Waals surface area contributed by atoms with E-state index in [4.69, 9.17) is 9.47 Å². The zero-order valence-corrected chi connectivity index (χ0v) is 9.58. The van der Waals surface area contributed by atoms with Crippen LogP contribution in [0.15, 0.2) is 54.9 Å². The standard InChI is InChI=1S/C14H15NO2/c1-2-4-14(5-3-1)17-11-10-16-12-13-6-8-15-9-7-13/h1-9H,10-12H2. The molecule has 2 aromatic rings. The van der Waals surface area contributed by atoms with Crippen molar-refractivity contribution >= 4 is 0 Å². The molecule has 1 aromatic heterocycles. The zero-order chi connectivity index (χ0) is 11.8. The van der Waals surface area contributed by atoms with E-state index in [-0.39, 0.29) is 0 Å². The van der Waals surface area contributed by atoms with Gasteiger partial charge in [-0.05, 0) is 29.8 Å². The van der Waals surface area contributed by atoms with Gasteiger partial charge in [-0.2, -0.15) is 0 Å². The summed E-state index contributed by atoms with van der Waals surface area (Å²) in [6, 6.07) is 13.6. The van der Waals surface area contributed by atoms with Crippen LogP contribution in [0.4, 0.5) is 0 Å². The number of hydrogen-bond acceptors (Lipinski definition) is 3. The van der Waals surface area contributed by atoms with Crippen LogP contribution in [0.25, 0.3) is 0 Å². The topological polar surface area (TPSA) is 31.4 Å². The molecule has 0 N–H and O–H groups in total. The van der Waals surface area contributed by atoms with E-state index in [1.165, 1.54) is 0 Å². The van der Waals surface area contributed by atoms with Crippen LogP contribution in [0.3, 0.4) is 0 Å². The molecule has 2 rings (SSSR count). The Morgan fingerprint density at radius 3 is 2.41 bits per heavy atom. The van der Waals surface area contributed by atoms with E-state index >= 15 is 0 Å². The summed E-state index contributed by atoms with van der Waals surface area (Å²) in [7, 11) is 0. The number of nitrogens with zero attached hydrogens (tertiary/aromatic N) is 1. The maximum atomic E-state index is 5.51. The first-order chi connectivity index (χ1) is 8.45. The normalized spacial score (nSPS) is 10.1. The van der Waals surface area contributed by atoms with E-state index < -0.39 is 0 Å². The molecule has 0 aliphatic carbocycles. The lowest BCUT2D eigenvalue weighted by molar-refractivity contribution is 0.0889. The summed E-state index contributed by atoms with van der Waals surface area (Å²) in [5, 5.41) is 0. The van der Waals surface area contributed by atoms with E-state index in [1.807, 2.05) is 42.5 Å². The van der Waals surface area contributed by atoms with Gasteiger partial charge in [0.05, 0.1) is 13.2 Å². The first-order valence-electron chi connectivity index (χ1n) is 5.59. The Morgan fingerprint density at radius 2 is 1.65 bits per heavy atom. The molecular weight excluding hydrogens is 214 g/mol. The average molecular weight is 229 g/mol. The van der Waals surface area contributed by atoms with Crippen LogP contribution in [-0.2, 0) is 11.3 Å². The van der Waals surface area contributed by atoms with Gasteiger partial charge < -0.3 is 9.47 Å². The minimum atomic E-state index is 0.565. The van der Waals surface area contributed by atoms with Gasteiger partial charge in [0.25, 0.3) is 0 Å². The van der Waals surface area contributed by atoms with Gasteiger partial charge in [-0.15, -0.1) is 0 Å². The summed E-state index contributed by atoms with van der Waals surface area (Å²) < 4.78 is 11.0. The molecule has 0 spiro atoms. The van der Waals surface area contributed by atoms with E-state index in [2.05, 4.69) is 4.98 Å². The SMILES string of the molecule is c1ccc(OCCOCc2ccncc2)cc1. The number of pyridine rings is 1. The molecule has 0 aliphatic heterocycles. The Bertz CT molecular complexity index is 375. The lowest BCUT2D eigenvalue weighted by Gasteiger charge is -2.06. The van der Waals surface area contributed by atoms with Gasteiger partial charge in [-0.25, -0.2) is 0 Å². The summed E-state index contributed by atoms with van der Waals surface area (Å²) >= 11 is 0. The number of para-hydroxylation sites is 1. The smallest absolute Gasteiger partial charge is 0.119 e. The van der Waals surface area contributed by atoms with Crippen molar-refractivity contribution in [1.82, 2.24) is 4.98 Å². The Hall–Kier alpha value is -1.87. The average Bonchev–Trinajstić information content (AvgIpc) is 2.41. The summed E-state index contributed by atoms with van der Waals surface area (Å²) in [4.78, 5) is 3.95. The van der Waals surface area contributed by atoms with Crippen LogP contribution in [0.2, 0.25) is 0 Å². The van der Waals surface area contributed by atoms with E-state index in [0.29, 0.717) is 19.8 Å². The quantitative estimate of drug-likeness (QED) is 0.714. The van der Waals surface area contributed by atoms with Gasteiger partial charge in [-0.1, -0.05) is 18.2 Å². The van der Waals surface area contributed by atoms with Crippen LogP contribution < -0.4 is 4.74 Å². The molecule has 0 aliphatic rings. The Kier molecular flexibility index (Phi) is 4.55. The minimum absolute atomic E-state index is 0.565. The van der Waals surface area contributed by atoms with Crippen molar-refractivity contribution in [2.24, 2.45) is 0 Å². The predicted molar refractivity (Wildman–Crippen MR) is 65.8 cm³/mol. The molecule has 3 heteroatoms. The maximum Gasteiger partial charge on any atom is 0.119 e. The lowest BCUT2D eigenvalue weighted by Crippen LogP contribution is -2.06. The van der Waals surface area contributed by atoms with Crippen molar-refractivity contribution in [2.75, 3.05) is 13.2 Å². The van der Waals surface area contributed by atoms with Crippen molar-refractivity contribution in [3.05, 3.63) is 60.4 Å². The lowest BCUT2D eigenvalue weighted by atomic mass is 10.3. The predicted octanol–water partition coefficient (Wildman–Crippen LogP) is 2.68. The highest BCUT2D eigenvalue weighted by molar-refractivity contribution is 5.20. The second kappa shape index (κ2) is 6.66. The largest absolute Gasteiger partial charge is 0.491 e. The van der Waals surface area contributed by atoms with Crippen molar-refractivity contribution in [3.63, 3.8) is 0 Å². The Balaban J connectivity index is 1.61. The molecule has 17 heavy (non-hydrogen) atoms. The highest BCUT2D eigenvalue weighted by Crippen LogP contribution is 2.07. The molecule has 0 unspecified atom stereocenters. The monoisotopic (exact) mass is 229 g/mol. The fraction of sp³-hybridized carbons (Fsp3) is 0.214. The molecule has 3 nitrogen and oxygen atoms in total. The van der Waals surface area contributed by atoms with E-state index in [0.717, 1.165) is 11.3 Å². The molecular formula is C14H15NO2. The third-order valence-corrected chi connectivity index (χ3v) is 2.26. The molecule has 0 amide bonds. The Labute approximate surface area is 101 Å². The molecule has 0 bridgehead atoms. The molecule has 0 fully saturated rings. The maximum absolute atomic E-state index is 5.51. The molecule has 0 atom stereocenters. The molecule has 0 saturated heterocycles. The second-order valence-electron chi connectivity index (χ2n) is 3.57. The number of aromatic nitrogens is 1. The summed E-state index contributed by atoms with van der Waals surface area (Å²) in [5.41, 5.74) is 1.12. The Morgan fingerprint density at radius 1 is 0.882 bits per heavy atom. The third-order valence-electron chi connectivity index (χ3n) is 2.26. The van der Waals surface area contributed by atoms with Gasteiger partial charge >= 0.3 is 0 Å². The molecule has 0 radical (unpaired) electrons. The fourth-order valence-electron chi connectivity index (χ4n) is 1.40. The number of hydrogen-bond donors (Lipinski definition) is 0. The van der Waals surface area contributed by atoms with Crippen LogP contribution in [0.1, 0.15) is 5.56 Å². The highest BCUT2D eigenvalue weighted by atomic mass is 16.5. The number of ether oxygens (including phenoxy) is 2. The first-order valence-corrected chi connectivity index (χ1v) is 5.59. The zero-order valence-electron chi connectivity index (χ0n) is 9.58. The van der Waals surface area contributed by atoms with Gasteiger partial charge in [-0.3, -0.25) is 4.98 Å². The minimum Gasteiger partial charge on any atom is -0.491 e. The van der Waals surface area contributed by atoms with Gasteiger partial charge in [0.15, 0.2) is 0 Å². The van der Waals surface area contributed by atoms with E-state index in [1.54, 1.807) is 12.4 Å². The highest BCUT2D eigenvalue weighted by Gasteiger charge is 1.93. The second-order valence-corrected chi connectivity index (χ2v) is 3.57. The summed E-state index contributed by atoms with van der Waals surface area (Å²) in [6.45, 7) is 1.74. The summed E-state index contributed by atoms with van der Waals surface area (Å²) in [6.07, 6.45) is 3.53. The van der Waals surface area contributed by atoms with Crippen molar-refractivity contribution in [3.8, 4) is 5.75 Å². The van der Waals surface area contributed by atoms with Crippen LogP contribution in [0, 0.1) is 0 Å². The molecule has 0 saturated carbocycles. The number of rotatable bonds is 6. The van der Waals surface area contributed by atoms with Crippen molar-refractivity contribution < 1.29 is 9.47 Å². The van der Waals surface area contributed by atoms with Crippen LogP contribution >= 0.6 is 0 Å². The van der Waals surface area contributed by atoms with Crippen molar-refractivity contribution in [2.45, 2.75) is 6.61 Å². The summed E-state index contributed by atoms with van der Waals surface area (Å²) in [5.74, 6) is 0.875. The van der Waals surface area contributed by atoms with Crippen LogP contribution in [0.5, 0.6) is 5.75 Å². The third kappa shape index (κ3) is 4.25. The van der Waals surface area contributed by atoms with Crippen molar-refractivity contribution in [1.29, 1.82) is 0 Å². The first kappa shape index (κ1) is 11.6. The van der Waals surface area contributed by atoms with Gasteiger partial charge in [0.1, 0.15) is 12.4 Å². The van der Waals surface area contributed by atoms with Gasteiger partial charge in [0.2, 0.25) is 0 Å². The molecule has 88 valence electrons. The fourth-order valence-corrected chi connectivity index (χ4v) is 1.40. The molecule has 1 heterocycles. The number of benzene rings is 1. The van der Waals surface area contributed by atoms with E-state index in [9.17, 15) is 0 Å². The molecule has 1 aromatic carbocycles. The van der Waals surface area contributed by atoms with Crippen LogP contribution in [-0.4, -0.2) is 18.2 Å². The van der Waals surface area contributed by atoms with Gasteiger partial charge in [0, 0.05) is 12.4 Å².